The number of carbonyl (C=O) groups excluding carboxylic acids is 1. The maximum atomic E-state index is 14.0. The van der Waals surface area contributed by atoms with E-state index in [9.17, 15) is 9.18 Å². The van der Waals surface area contributed by atoms with Gasteiger partial charge in [0.1, 0.15) is 5.82 Å². The van der Waals surface area contributed by atoms with Crippen LogP contribution in [0.3, 0.4) is 0 Å². The summed E-state index contributed by atoms with van der Waals surface area (Å²) < 4.78 is 15.4. The summed E-state index contributed by atoms with van der Waals surface area (Å²) in [5.41, 5.74) is 2.96. The van der Waals surface area contributed by atoms with Crippen molar-refractivity contribution < 1.29 is 9.18 Å². The predicted molar refractivity (Wildman–Crippen MR) is 95.3 cm³/mol. The van der Waals surface area contributed by atoms with Crippen LogP contribution in [0.5, 0.6) is 0 Å². The number of carbonyl (C=O) groups is 1. The maximum absolute atomic E-state index is 14.0. The number of amides is 1. The first kappa shape index (κ1) is 15.9. The van der Waals surface area contributed by atoms with E-state index in [4.69, 9.17) is 0 Å². The van der Waals surface area contributed by atoms with E-state index in [1.165, 1.54) is 16.8 Å². The fraction of sp³-hybridized carbons (Fsp3) is 0.0526. The zero-order valence-electron chi connectivity index (χ0n) is 13.8. The van der Waals surface area contributed by atoms with E-state index in [0.717, 1.165) is 5.69 Å². The van der Waals surface area contributed by atoms with Gasteiger partial charge in [-0.15, -0.1) is 0 Å². The Bertz CT molecular complexity index is 1120. The number of fused-ring (bicyclic) bond motifs is 1. The molecule has 26 heavy (non-hydrogen) atoms. The van der Waals surface area contributed by atoms with Crippen LogP contribution in [0.1, 0.15) is 16.2 Å². The molecule has 1 N–H and O–H groups in total. The summed E-state index contributed by atoms with van der Waals surface area (Å²) in [7, 11) is 0. The average molecular weight is 347 g/mol. The van der Waals surface area contributed by atoms with Crippen molar-refractivity contribution in [3.8, 4) is 11.3 Å². The number of halogens is 1. The van der Waals surface area contributed by atoms with Crippen LogP contribution in [0.4, 0.5) is 10.1 Å². The second-order valence-corrected chi connectivity index (χ2v) is 5.75. The molecule has 7 heteroatoms. The predicted octanol–water partition coefficient (Wildman–Crippen LogP) is 3.49. The Balaban J connectivity index is 1.73. The molecule has 0 radical (unpaired) electrons. The highest BCUT2D eigenvalue weighted by Crippen LogP contribution is 2.21. The van der Waals surface area contributed by atoms with Gasteiger partial charge in [0.15, 0.2) is 11.3 Å². The Labute approximate surface area is 148 Å². The normalized spacial score (nSPS) is 10.8. The van der Waals surface area contributed by atoms with Gasteiger partial charge in [-0.1, -0.05) is 12.1 Å². The summed E-state index contributed by atoms with van der Waals surface area (Å²) in [6.07, 6.45) is 3.06. The van der Waals surface area contributed by atoms with Gasteiger partial charge in [-0.05, 0) is 43.3 Å². The number of aryl methyl sites for hydroxylation is 1. The van der Waals surface area contributed by atoms with Crippen LogP contribution < -0.4 is 5.32 Å². The van der Waals surface area contributed by atoms with Gasteiger partial charge in [-0.3, -0.25) is 9.78 Å². The van der Waals surface area contributed by atoms with Crippen molar-refractivity contribution in [2.45, 2.75) is 6.92 Å². The number of aromatic nitrogens is 4. The Hall–Kier alpha value is -3.61. The molecular weight excluding hydrogens is 333 g/mol. The number of nitrogens with zero attached hydrogens (tertiary/aromatic N) is 4. The number of rotatable bonds is 3. The summed E-state index contributed by atoms with van der Waals surface area (Å²) in [4.78, 5) is 20.9. The second kappa shape index (κ2) is 6.36. The fourth-order valence-electron chi connectivity index (χ4n) is 2.66. The minimum atomic E-state index is -0.377. The number of hydrogen-bond acceptors (Lipinski definition) is 4. The molecule has 128 valence electrons. The molecular formula is C19H14FN5O. The number of anilines is 1. The highest BCUT2D eigenvalue weighted by molar-refractivity contribution is 6.03. The Morgan fingerprint density at radius 1 is 1.12 bits per heavy atom. The molecule has 4 rings (SSSR count). The minimum absolute atomic E-state index is 0.257. The maximum Gasteiger partial charge on any atom is 0.276 e. The monoisotopic (exact) mass is 347 g/mol. The first-order valence-electron chi connectivity index (χ1n) is 7.95. The van der Waals surface area contributed by atoms with Crippen LogP contribution in [-0.2, 0) is 0 Å². The third kappa shape index (κ3) is 2.90. The molecule has 0 saturated heterocycles. The third-order valence-electron chi connectivity index (χ3n) is 3.90. The number of nitrogens with one attached hydrogen (secondary N) is 1. The van der Waals surface area contributed by atoms with Gasteiger partial charge in [-0.2, -0.15) is 5.10 Å². The largest absolute Gasteiger partial charge is 0.320 e. The van der Waals surface area contributed by atoms with Crippen LogP contribution in [0.2, 0.25) is 0 Å². The van der Waals surface area contributed by atoms with Gasteiger partial charge in [0.25, 0.3) is 5.91 Å². The highest BCUT2D eigenvalue weighted by atomic mass is 19.1. The molecule has 3 aromatic heterocycles. The zero-order valence-corrected chi connectivity index (χ0v) is 13.8. The number of benzene rings is 1. The van der Waals surface area contributed by atoms with E-state index in [1.54, 1.807) is 48.7 Å². The van der Waals surface area contributed by atoms with Crippen molar-refractivity contribution in [3.63, 3.8) is 0 Å². The number of imidazole rings is 1. The van der Waals surface area contributed by atoms with Crippen molar-refractivity contribution in [2.75, 3.05) is 5.32 Å². The smallest absolute Gasteiger partial charge is 0.276 e. The van der Waals surface area contributed by atoms with Gasteiger partial charge in [0.2, 0.25) is 0 Å². The molecule has 4 aromatic rings. The van der Waals surface area contributed by atoms with Crippen molar-refractivity contribution in [3.05, 3.63) is 78.1 Å². The van der Waals surface area contributed by atoms with Gasteiger partial charge in [-0.25, -0.2) is 13.9 Å². The SMILES string of the molecule is Cc1cc(NC(=O)c2cnc3ccc(-c4ccccc4F)nn23)ccn1. The topological polar surface area (TPSA) is 72.2 Å². The van der Waals surface area contributed by atoms with Gasteiger partial charge >= 0.3 is 0 Å². The molecule has 0 aliphatic carbocycles. The number of hydrogen-bond donors (Lipinski definition) is 1. The Kier molecular flexibility index (Phi) is 3.89. The van der Waals surface area contributed by atoms with Crippen LogP contribution >= 0.6 is 0 Å². The standard InChI is InChI=1S/C19H14FN5O/c1-12-10-13(8-9-21-12)23-19(26)17-11-22-18-7-6-16(24-25(17)18)14-4-2-3-5-15(14)20/h2-11H,1H3,(H,21,23,26). The molecule has 1 aromatic carbocycles. The van der Waals surface area contributed by atoms with E-state index in [-0.39, 0.29) is 17.4 Å². The molecule has 0 bridgehead atoms. The lowest BCUT2D eigenvalue weighted by molar-refractivity contribution is 0.102. The van der Waals surface area contributed by atoms with Crippen molar-refractivity contribution in [2.24, 2.45) is 0 Å². The van der Waals surface area contributed by atoms with Crippen LogP contribution in [-0.4, -0.2) is 25.5 Å². The Morgan fingerprint density at radius 3 is 2.77 bits per heavy atom. The van der Waals surface area contributed by atoms with Crippen LogP contribution in [0, 0.1) is 12.7 Å². The molecule has 0 fully saturated rings. The van der Waals surface area contributed by atoms with E-state index in [0.29, 0.717) is 22.6 Å². The molecule has 0 aliphatic heterocycles. The number of pyridine rings is 1. The van der Waals surface area contributed by atoms with Gasteiger partial charge in [0, 0.05) is 23.1 Å². The molecule has 0 saturated carbocycles. The molecule has 0 aliphatic rings. The first-order chi connectivity index (χ1) is 12.6. The summed E-state index contributed by atoms with van der Waals surface area (Å²) >= 11 is 0. The lowest BCUT2D eigenvalue weighted by Gasteiger charge is -2.07. The lowest BCUT2D eigenvalue weighted by atomic mass is 10.1. The first-order valence-corrected chi connectivity index (χ1v) is 7.95. The molecule has 1 amide bonds. The van der Waals surface area contributed by atoms with Crippen molar-refractivity contribution >= 4 is 17.2 Å². The summed E-state index contributed by atoms with van der Waals surface area (Å²) in [6.45, 7) is 1.84. The second-order valence-electron chi connectivity index (χ2n) is 5.75. The van der Waals surface area contributed by atoms with Gasteiger partial charge < -0.3 is 5.32 Å². The quantitative estimate of drug-likeness (QED) is 0.616. The third-order valence-corrected chi connectivity index (χ3v) is 3.90. The molecule has 0 unspecified atom stereocenters. The summed E-state index contributed by atoms with van der Waals surface area (Å²) in [5.74, 6) is -0.737. The van der Waals surface area contributed by atoms with E-state index >= 15 is 0 Å². The van der Waals surface area contributed by atoms with E-state index in [1.807, 2.05) is 6.92 Å². The lowest BCUT2D eigenvalue weighted by Crippen LogP contribution is -2.15. The highest BCUT2D eigenvalue weighted by Gasteiger charge is 2.15. The molecule has 3 heterocycles. The molecule has 6 nitrogen and oxygen atoms in total. The zero-order chi connectivity index (χ0) is 18.1. The molecule has 0 atom stereocenters. The summed E-state index contributed by atoms with van der Waals surface area (Å²) in [5, 5.41) is 7.18. The van der Waals surface area contributed by atoms with Gasteiger partial charge in [0.05, 0.1) is 11.9 Å². The van der Waals surface area contributed by atoms with Crippen LogP contribution in [0.15, 0.2) is 60.9 Å². The van der Waals surface area contributed by atoms with E-state index < -0.39 is 0 Å². The fourth-order valence-corrected chi connectivity index (χ4v) is 2.66. The summed E-state index contributed by atoms with van der Waals surface area (Å²) in [6, 6.07) is 13.2. The van der Waals surface area contributed by atoms with Crippen molar-refractivity contribution in [1.29, 1.82) is 0 Å². The van der Waals surface area contributed by atoms with Crippen molar-refractivity contribution in [1.82, 2.24) is 19.6 Å². The molecule has 0 spiro atoms. The average Bonchev–Trinajstić information content (AvgIpc) is 3.05. The van der Waals surface area contributed by atoms with Crippen LogP contribution in [0.25, 0.3) is 16.9 Å². The van der Waals surface area contributed by atoms with E-state index in [2.05, 4.69) is 20.4 Å². The Morgan fingerprint density at radius 2 is 1.96 bits per heavy atom. The minimum Gasteiger partial charge on any atom is -0.320 e.